The fourth-order valence-corrected chi connectivity index (χ4v) is 0.719. The number of hydrogen-bond acceptors (Lipinski definition) is 4. The van der Waals surface area contributed by atoms with Gasteiger partial charge in [-0.1, -0.05) is 0 Å². The number of amides is 1. The fourth-order valence-electron chi connectivity index (χ4n) is 0.719. The summed E-state index contributed by atoms with van der Waals surface area (Å²) in [7, 11) is 1.54. The Hall–Kier alpha value is -2.03. The van der Waals surface area contributed by atoms with Gasteiger partial charge in [0.05, 0.1) is 6.20 Å². The van der Waals surface area contributed by atoms with Crippen LogP contribution in [0.1, 0.15) is 5.56 Å². The fraction of sp³-hybridized carbons (Fsp3) is 0.167. The summed E-state index contributed by atoms with van der Waals surface area (Å²) in [6.07, 6.45) is 0.327. The molecule has 1 aromatic rings. The number of nitriles is 1. The highest BCUT2D eigenvalue weighted by molar-refractivity contribution is 5.68. The van der Waals surface area contributed by atoms with Crippen LogP contribution in [-0.2, 0) is 7.05 Å². The molecule has 0 radical (unpaired) electrons. The van der Waals surface area contributed by atoms with Gasteiger partial charge in [-0.05, 0) is 0 Å². The molecule has 1 amide bonds. The highest BCUT2D eigenvalue weighted by atomic mass is 16.6. The number of aryl methyl sites for hydroxylation is 1. The third-order valence-corrected chi connectivity index (χ3v) is 1.20. The van der Waals surface area contributed by atoms with Crippen LogP contribution in [0, 0.1) is 11.3 Å². The molecular formula is C6H6N4O2. The lowest BCUT2D eigenvalue weighted by Crippen LogP contribution is -2.18. The summed E-state index contributed by atoms with van der Waals surface area (Å²) in [6, 6.07) is 1.81. The maximum Gasteiger partial charge on any atom is 0.411 e. The lowest BCUT2D eigenvalue weighted by molar-refractivity contribution is 0.206. The van der Waals surface area contributed by atoms with Crippen molar-refractivity contribution in [1.82, 2.24) is 9.78 Å². The van der Waals surface area contributed by atoms with Crippen LogP contribution in [0.15, 0.2) is 6.20 Å². The van der Waals surface area contributed by atoms with E-state index in [1.165, 1.54) is 10.9 Å². The van der Waals surface area contributed by atoms with Gasteiger partial charge >= 0.3 is 6.09 Å². The Morgan fingerprint density at radius 3 is 3.08 bits per heavy atom. The minimum absolute atomic E-state index is 0.0602. The van der Waals surface area contributed by atoms with Crippen molar-refractivity contribution in [3.63, 3.8) is 0 Å². The SMILES string of the molecule is Cn1ncc(C#N)c1OC(N)=O. The molecule has 1 heterocycles. The zero-order valence-corrected chi connectivity index (χ0v) is 6.31. The van der Waals surface area contributed by atoms with Crippen LogP contribution < -0.4 is 10.5 Å². The zero-order chi connectivity index (χ0) is 9.14. The number of carbonyl (C=O) groups excluding carboxylic acids is 1. The summed E-state index contributed by atoms with van der Waals surface area (Å²) < 4.78 is 5.78. The topological polar surface area (TPSA) is 93.9 Å². The Morgan fingerprint density at radius 2 is 2.58 bits per heavy atom. The van der Waals surface area contributed by atoms with Gasteiger partial charge in [-0.15, -0.1) is 0 Å². The molecule has 0 aliphatic carbocycles. The molecule has 0 bridgehead atoms. The lowest BCUT2D eigenvalue weighted by atomic mass is 10.4. The predicted molar refractivity (Wildman–Crippen MR) is 38.1 cm³/mol. The average molecular weight is 166 g/mol. The van der Waals surface area contributed by atoms with E-state index in [2.05, 4.69) is 9.84 Å². The first-order valence-electron chi connectivity index (χ1n) is 3.04. The first-order valence-corrected chi connectivity index (χ1v) is 3.04. The summed E-state index contributed by atoms with van der Waals surface area (Å²) in [6.45, 7) is 0. The Labute approximate surface area is 68.1 Å². The van der Waals surface area contributed by atoms with Gasteiger partial charge in [0, 0.05) is 7.05 Å². The van der Waals surface area contributed by atoms with Crippen LogP contribution in [0.25, 0.3) is 0 Å². The lowest BCUT2D eigenvalue weighted by Gasteiger charge is -1.99. The van der Waals surface area contributed by atoms with E-state index in [1.807, 2.05) is 0 Å². The van der Waals surface area contributed by atoms with Crippen LogP contribution in [-0.4, -0.2) is 15.9 Å². The first kappa shape index (κ1) is 8.07. The number of carbonyl (C=O) groups is 1. The van der Waals surface area contributed by atoms with E-state index >= 15 is 0 Å². The Bertz CT molecular complexity index is 349. The molecule has 0 aliphatic rings. The molecule has 0 atom stereocenters. The highest BCUT2D eigenvalue weighted by Crippen LogP contribution is 2.14. The molecule has 0 saturated carbocycles. The van der Waals surface area contributed by atoms with Gasteiger partial charge < -0.3 is 10.5 Å². The summed E-state index contributed by atoms with van der Waals surface area (Å²) in [5.74, 6) is 0.0602. The van der Waals surface area contributed by atoms with E-state index in [0.29, 0.717) is 0 Å². The van der Waals surface area contributed by atoms with E-state index in [0.717, 1.165) is 0 Å². The molecule has 1 rings (SSSR count). The van der Waals surface area contributed by atoms with Gasteiger partial charge in [0.15, 0.2) is 0 Å². The van der Waals surface area contributed by atoms with E-state index in [1.54, 1.807) is 13.1 Å². The van der Waals surface area contributed by atoms with Crippen molar-refractivity contribution in [2.24, 2.45) is 12.8 Å². The number of nitrogens with two attached hydrogens (primary N) is 1. The van der Waals surface area contributed by atoms with Crippen molar-refractivity contribution < 1.29 is 9.53 Å². The van der Waals surface area contributed by atoms with E-state index in [9.17, 15) is 4.79 Å². The number of aromatic nitrogens is 2. The molecule has 1 aromatic heterocycles. The van der Waals surface area contributed by atoms with Gasteiger partial charge in [0.25, 0.3) is 0 Å². The largest absolute Gasteiger partial charge is 0.411 e. The monoisotopic (exact) mass is 166 g/mol. The second-order valence-corrected chi connectivity index (χ2v) is 2.02. The molecule has 0 aliphatic heterocycles. The van der Waals surface area contributed by atoms with Crippen molar-refractivity contribution in [1.29, 1.82) is 5.26 Å². The van der Waals surface area contributed by atoms with Crippen LogP contribution in [0.2, 0.25) is 0 Å². The second-order valence-electron chi connectivity index (χ2n) is 2.02. The molecular weight excluding hydrogens is 160 g/mol. The quantitative estimate of drug-likeness (QED) is 0.622. The first-order chi connectivity index (χ1) is 5.65. The molecule has 6 nitrogen and oxygen atoms in total. The Morgan fingerprint density at radius 1 is 1.92 bits per heavy atom. The van der Waals surface area contributed by atoms with Gasteiger partial charge in [-0.2, -0.15) is 10.4 Å². The third-order valence-electron chi connectivity index (χ3n) is 1.20. The smallest absolute Gasteiger partial charge is 0.390 e. The molecule has 6 heteroatoms. The van der Waals surface area contributed by atoms with E-state index < -0.39 is 6.09 Å². The summed E-state index contributed by atoms with van der Waals surface area (Å²) in [5, 5.41) is 12.2. The van der Waals surface area contributed by atoms with Crippen LogP contribution in [0.5, 0.6) is 5.88 Å². The van der Waals surface area contributed by atoms with Crippen LogP contribution in [0.4, 0.5) is 4.79 Å². The Balaban J connectivity index is 3.04. The number of primary amides is 1. The number of nitrogens with zero attached hydrogens (tertiary/aromatic N) is 3. The zero-order valence-electron chi connectivity index (χ0n) is 6.31. The van der Waals surface area contributed by atoms with E-state index in [4.69, 9.17) is 11.0 Å². The summed E-state index contributed by atoms with van der Waals surface area (Å²) in [5.41, 5.74) is 4.94. The third kappa shape index (κ3) is 1.34. The van der Waals surface area contributed by atoms with E-state index in [-0.39, 0.29) is 11.4 Å². The molecule has 12 heavy (non-hydrogen) atoms. The Kier molecular flexibility index (Phi) is 1.96. The van der Waals surface area contributed by atoms with Gasteiger partial charge in [-0.25, -0.2) is 9.48 Å². The van der Waals surface area contributed by atoms with Gasteiger partial charge in [-0.3, -0.25) is 0 Å². The van der Waals surface area contributed by atoms with Gasteiger partial charge in [0.1, 0.15) is 11.6 Å². The normalized spacial score (nSPS) is 9.00. The second kappa shape index (κ2) is 2.92. The molecule has 0 saturated heterocycles. The van der Waals surface area contributed by atoms with Crippen LogP contribution >= 0.6 is 0 Å². The van der Waals surface area contributed by atoms with Crippen molar-refractivity contribution >= 4 is 6.09 Å². The molecule has 2 N–H and O–H groups in total. The maximum absolute atomic E-state index is 10.3. The highest BCUT2D eigenvalue weighted by Gasteiger charge is 2.11. The molecule has 62 valence electrons. The summed E-state index contributed by atoms with van der Waals surface area (Å²) >= 11 is 0. The minimum Gasteiger partial charge on any atom is -0.390 e. The molecule has 0 spiro atoms. The van der Waals surface area contributed by atoms with Gasteiger partial charge in [0.2, 0.25) is 5.88 Å². The van der Waals surface area contributed by atoms with Crippen molar-refractivity contribution in [2.45, 2.75) is 0 Å². The standard InChI is InChI=1S/C6H6N4O2/c1-10-5(12-6(8)11)4(2-7)3-9-10/h3H,1H3,(H2,8,11). The minimum atomic E-state index is -0.963. The van der Waals surface area contributed by atoms with Crippen LogP contribution in [0.3, 0.4) is 0 Å². The van der Waals surface area contributed by atoms with Crippen molar-refractivity contribution in [3.05, 3.63) is 11.8 Å². The average Bonchev–Trinajstić information content (AvgIpc) is 2.32. The maximum atomic E-state index is 10.3. The number of ether oxygens (including phenoxy) is 1. The number of hydrogen-bond donors (Lipinski definition) is 1. The summed E-state index contributed by atoms with van der Waals surface area (Å²) in [4.78, 5) is 10.3. The predicted octanol–water partition coefficient (Wildman–Crippen LogP) is -0.251. The van der Waals surface area contributed by atoms with Crippen molar-refractivity contribution in [2.75, 3.05) is 0 Å². The molecule has 0 aromatic carbocycles. The number of rotatable bonds is 1. The molecule has 0 unspecified atom stereocenters. The molecule has 0 fully saturated rings. The van der Waals surface area contributed by atoms with Crippen molar-refractivity contribution in [3.8, 4) is 11.9 Å².